The van der Waals surface area contributed by atoms with E-state index in [1.165, 1.54) is 0 Å². The van der Waals surface area contributed by atoms with Crippen LogP contribution in [0.1, 0.15) is 11.1 Å². The first-order chi connectivity index (χ1) is 9.15. The van der Waals surface area contributed by atoms with E-state index in [0.29, 0.717) is 12.2 Å². The lowest BCUT2D eigenvalue weighted by molar-refractivity contribution is -0.120. The Labute approximate surface area is 121 Å². The van der Waals surface area contributed by atoms with Crippen LogP contribution < -0.4 is 4.74 Å². The minimum absolute atomic E-state index is 0.0682. The van der Waals surface area contributed by atoms with E-state index in [1.54, 1.807) is 0 Å². The van der Waals surface area contributed by atoms with Gasteiger partial charge in [-0.1, -0.05) is 36.4 Å². The summed E-state index contributed by atoms with van der Waals surface area (Å²) in [6.07, 6.45) is 0.407. The molecule has 0 amide bonds. The molecule has 0 aliphatic heterocycles. The summed E-state index contributed by atoms with van der Waals surface area (Å²) in [5.74, 6) is 0.769. The van der Waals surface area contributed by atoms with Crippen molar-refractivity contribution in [2.45, 2.75) is 13.3 Å². The molecule has 0 atom stereocenters. The second kappa shape index (κ2) is 6.53. The quantitative estimate of drug-likeness (QED) is 0.834. The van der Waals surface area contributed by atoms with Crippen molar-refractivity contribution in [3.05, 3.63) is 64.1 Å². The Morgan fingerprint density at radius 1 is 1.16 bits per heavy atom. The molecule has 98 valence electrons. The van der Waals surface area contributed by atoms with Crippen LogP contribution in [-0.4, -0.2) is 12.4 Å². The lowest BCUT2D eigenvalue weighted by atomic mass is 10.1. The van der Waals surface area contributed by atoms with Crippen molar-refractivity contribution >= 4 is 21.7 Å². The average molecular weight is 319 g/mol. The van der Waals surface area contributed by atoms with E-state index in [0.717, 1.165) is 15.6 Å². The van der Waals surface area contributed by atoms with Crippen molar-refractivity contribution in [3.8, 4) is 5.75 Å². The van der Waals surface area contributed by atoms with Gasteiger partial charge in [0.25, 0.3) is 0 Å². The van der Waals surface area contributed by atoms with Gasteiger partial charge in [0, 0.05) is 6.42 Å². The van der Waals surface area contributed by atoms with Gasteiger partial charge in [0.05, 0.1) is 4.47 Å². The zero-order valence-corrected chi connectivity index (χ0v) is 12.3. The molecule has 2 aromatic carbocycles. The molecule has 0 aliphatic carbocycles. The third kappa shape index (κ3) is 4.21. The van der Waals surface area contributed by atoms with E-state index in [2.05, 4.69) is 15.9 Å². The summed E-state index contributed by atoms with van der Waals surface area (Å²) in [6, 6.07) is 15.5. The SMILES string of the molecule is Cc1ccc(OCC(=O)Cc2ccccc2)c(Br)c1. The minimum atomic E-state index is 0.0682. The van der Waals surface area contributed by atoms with Gasteiger partial charge in [-0.3, -0.25) is 4.79 Å². The van der Waals surface area contributed by atoms with Gasteiger partial charge in [0.15, 0.2) is 5.78 Å². The third-order valence-corrected chi connectivity index (χ3v) is 3.34. The third-order valence-electron chi connectivity index (χ3n) is 2.72. The standard InChI is InChI=1S/C16H15BrO2/c1-12-7-8-16(15(17)9-12)19-11-14(18)10-13-5-3-2-4-6-13/h2-9H,10-11H2,1H3. The molecular formula is C16H15BrO2. The van der Waals surface area contributed by atoms with Gasteiger partial charge in [-0.05, 0) is 46.1 Å². The molecular weight excluding hydrogens is 304 g/mol. The van der Waals surface area contributed by atoms with E-state index in [4.69, 9.17) is 4.74 Å². The van der Waals surface area contributed by atoms with Gasteiger partial charge in [0.2, 0.25) is 0 Å². The molecule has 0 saturated carbocycles. The zero-order valence-electron chi connectivity index (χ0n) is 10.7. The van der Waals surface area contributed by atoms with E-state index in [-0.39, 0.29) is 12.4 Å². The van der Waals surface area contributed by atoms with Gasteiger partial charge >= 0.3 is 0 Å². The maximum Gasteiger partial charge on any atom is 0.174 e. The molecule has 3 heteroatoms. The summed E-state index contributed by atoms with van der Waals surface area (Å²) in [5, 5.41) is 0. The first-order valence-corrected chi connectivity index (χ1v) is 6.89. The largest absolute Gasteiger partial charge is 0.485 e. The summed E-state index contributed by atoms with van der Waals surface area (Å²) in [7, 11) is 0. The Bertz CT molecular complexity index is 564. The summed E-state index contributed by atoms with van der Waals surface area (Å²) in [6.45, 7) is 2.10. The predicted molar refractivity (Wildman–Crippen MR) is 79.5 cm³/mol. The van der Waals surface area contributed by atoms with Crippen LogP contribution in [0.4, 0.5) is 0 Å². The van der Waals surface area contributed by atoms with E-state index in [1.807, 2.05) is 55.5 Å². The number of halogens is 1. The van der Waals surface area contributed by atoms with Gasteiger partial charge in [-0.15, -0.1) is 0 Å². The molecule has 0 radical (unpaired) electrons. The fourth-order valence-electron chi connectivity index (χ4n) is 1.76. The van der Waals surface area contributed by atoms with Crippen LogP contribution >= 0.6 is 15.9 Å². The number of ether oxygens (including phenoxy) is 1. The minimum Gasteiger partial charge on any atom is -0.485 e. The number of aryl methyl sites for hydroxylation is 1. The van der Waals surface area contributed by atoms with Crippen LogP contribution in [0.3, 0.4) is 0 Å². The molecule has 0 aromatic heterocycles. The monoisotopic (exact) mass is 318 g/mol. The number of ketones is 1. The zero-order chi connectivity index (χ0) is 13.7. The summed E-state index contributed by atoms with van der Waals surface area (Å²) in [5.41, 5.74) is 2.16. The molecule has 19 heavy (non-hydrogen) atoms. The molecule has 0 fully saturated rings. The Morgan fingerprint density at radius 3 is 2.58 bits per heavy atom. The summed E-state index contributed by atoms with van der Waals surface area (Å²) < 4.78 is 6.40. The van der Waals surface area contributed by atoms with Crippen molar-refractivity contribution in [2.24, 2.45) is 0 Å². The number of hydrogen-bond donors (Lipinski definition) is 0. The highest BCUT2D eigenvalue weighted by Gasteiger charge is 2.07. The average Bonchev–Trinajstić information content (AvgIpc) is 2.39. The highest BCUT2D eigenvalue weighted by molar-refractivity contribution is 9.10. The maximum absolute atomic E-state index is 11.8. The lowest BCUT2D eigenvalue weighted by Gasteiger charge is -2.08. The van der Waals surface area contributed by atoms with Gasteiger partial charge < -0.3 is 4.74 Å². The van der Waals surface area contributed by atoms with Crippen molar-refractivity contribution in [1.82, 2.24) is 0 Å². The number of hydrogen-bond acceptors (Lipinski definition) is 2. The number of carbonyl (C=O) groups is 1. The van der Waals surface area contributed by atoms with Crippen molar-refractivity contribution in [2.75, 3.05) is 6.61 Å². The van der Waals surface area contributed by atoms with Crippen molar-refractivity contribution < 1.29 is 9.53 Å². The Morgan fingerprint density at radius 2 is 1.89 bits per heavy atom. The predicted octanol–water partition coefficient (Wildman–Crippen LogP) is 3.95. The van der Waals surface area contributed by atoms with Crippen LogP contribution in [0.5, 0.6) is 5.75 Å². The molecule has 0 spiro atoms. The second-order valence-corrected chi connectivity index (χ2v) is 5.28. The molecule has 0 bridgehead atoms. The summed E-state index contributed by atoms with van der Waals surface area (Å²) >= 11 is 3.43. The van der Waals surface area contributed by atoms with Crippen LogP contribution in [0.25, 0.3) is 0 Å². The van der Waals surface area contributed by atoms with E-state index >= 15 is 0 Å². The molecule has 2 nitrogen and oxygen atoms in total. The summed E-state index contributed by atoms with van der Waals surface area (Å²) in [4.78, 5) is 11.8. The van der Waals surface area contributed by atoms with Gasteiger partial charge in [-0.2, -0.15) is 0 Å². The highest BCUT2D eigenvalue weighted by atomic mass is 79.9. The first kappa shape index (κ1) is 13.8. The van der Waals surface area contributed by atoms with E-state index in [9.17, 15) is 4.79 Å². The Balaban J connectivity index is 1.90. The smallest absolute Gasteiger partial charge is 0.174 e. The van der Waals surface area contributed by atoms with Crippen LogP contribution in [0.15, 0.2) is 53.0 Å². The topological polar surface area (TPSA) is 26.3 Å². The van der Waals surface area contributed by atoms with E-state index < -0.39 is 0 Å². The maximum atomic E-state index is 11.8. The molecule has 2 aromatic rings. The number of Topliss-reactive ketones (excluding diaryl/α,β-unsaturated/α-hetero) is 1. The number of rotatable bonds is 5. The fourth-order valence-corrected chi connectivity index (χ4v) is 2.36. The molecule has 2 rings (SSSR count). The fraction of sp³-hybridized carbons (Fsp3) is 0.188. The van der Waals surface area contributed by atoms with Crippen molar-refractivity contribution in [3.63, 3.8) is 0 Å². The number of benzene rings is 2. The van der Waals surface area contributed by atoms with Gasteiger partial charge in [0.1, 0.15) is 12.4 Å². The molecule has 0 N–H and O–H groups in total. The second-order valence-electron chi connectivity index (χ2n) is 4.42. The Kier molecular flexibility index (Phi) is 4.74. The van der Waals surface area contributed by atoms with Crippen LogP contribution in [0, 0.1) is 6.92 Å². The van der Waals surface area contributed by atoms with Crippen molar-refractivity contribution in [1.29, 1.82) is 0 Å². The van der Waals surface area contributed by atoms with Gasteiger partial charge in [-0.25, -0.2) is 0 Å². The molecule has 0 unspecified atom stereocenters. The molecule has 0 heterocycles. The molecule has 0 saturated heterocycles. The van der Waals surface area contributed by atoms with Crippen LogP contribution in [-0.2, 0) is 11.2 Å². The first-order valence-electron chi connectivity index (χ1n) is 6.10. The Hall–Kier alpha value is -1.61. The highest BCUT2D eigenvalue weighted by Crippen LogP contribution is 2.25. The lowest BCUT2D eigenvalue weighted by Crippen LogP contribution is -2.14. The van der Waals surface area contributed by atoms with Crippen LogP contribution in [0.2, 0.25) is 0 Å². The normalized spacial score (nSPS) is 10.2. The molecule has 0 aliphatic rings. The number of carbonyl (C=O) groups excluding carboxylic acids is 1.